The minimum absolute atomic E-state index is 0.113. The number of thioether (sulfide) groups is 1. The Labute approximate surface area is 167 Å². The van der Waals surface area contributed by atoms with Crippen LogP contribution in [0.2, 0.25) is 0 Å². The maximum absolute atomic E-state index is 12.6. The quantitative estimate of drug-likeness (QED) is 0.380. The summed E-state index contributed by atoms with van der Waals surface area (Å²) in [6.07, 6.45) is 12.4. The molecule has 2 heterocycles. The maximum Gasteiger partial charge on any atom is 0.303 e. The van der Waals surface area contributed by atoms with E-state index in [1.807, 2.05) is 12.1 Å². The summed E-state index contributed by atoms with van der Waals surface area (Å²) in [6, 6.07) is 3.77. The van der Waals surface area contributed by atoms with Gasteiger partial charge in [-0.1, -0.05) is 48.6 Å². The second-order valence-corrected chi connectivity index (χ2v) is 8.05. The Balaban J connectivity index is 1.59. The van der Waals surface area contributed by atoms with Crippen molar-refractivity contribution in [1.29, 1.82) is 0 Å². The lowest BCUT2D eigenvalue weighted by molar-refractivity contribution is -0.137. The van der Waals surface area contributed by atoms with E-state index in [4.69, 9.17) is 21.7 Å². The molecule has 1 aliphatic heterocycles. The van der Waals surface area contributed by atoms with Gasteiger partial charge in [-0.2, -0.15) is 0 Å². The molecule has 142 valence electrons. The molecule has 3 rings (SSSR count). The maximum atomic E-state index is 12.6. The van der Waals surface area contributed by atoms with E-state index in [2.05, 4.69) is 18.2 Å². The number of carbonyl (C=O) groups is 2. The Morgan fingerprint density at radius 1 is 1.30 bits per heavy atom. The van der Waals surface area contributed by atoms with E-state index in [0.29, 0.717) is 28.0 Å². The van der Waals surface area contributed by atoms with Crippen LogP contribution >= 0.6 is 24.0 Å². The van der Waals surface area contributed by atoms with Gasteiger partial charge in [-0.3, -0.25) is 14.5 Å². The number of furan rings is 1. The van der Waals surface area contributed by atoms with Crippen molar-refractivity contribution in [3.05, 3.63) is 46.8 Å². The van der Waals surface area contributed by atoms with E-state index in [-0.39, 0.29) is 12.3 Å². The Bertz CT molecular complexity index is 835. The van der Waals surface area contributed by atoms with Crippen molar-refractivity contribution in [2.24, 2.45) is 0 Å². The first-order valence-electron chi connectivity index (χ1n) is 8.98. The molecule has 7 heteroatoms. The molecule has 5 nitrogen and oxygen atoms in total. The van der Waals surface area contributed by atoms with Crippen molar-refractivity contribution >= 4 is 51.8 Å². The van der Waals surface area contributed by atoms with Crippen LogP contribution in [0.25, 0.3) is 11.6 Å². The molecule has 2 aliphatic rings. The summed E-state index contributed by atoms with van der Waals surface area (Å²) in [7, 11) is 0. The van der Waals surface area contributed by atoms with E-state index in [0.717, 1.165) is 37.0 Å². The van der Waals surface area contributed by atoms with E-state index in [9.17, 15) is 9.59 Å². The molecule has 0 spiro atoms. The number of amides is 1. The van der Waals surface area contributed by atoms with Crippen molar-refractivity contribution < 1.29 is 19.1 Å². The summed E-state index contributed by atoms with van der Waals surface area (Å²) in [5.41, 5.74) is 1.06. The standard InChI is InChI=1S/C20H21NO4S2/c22-18(23)9-5-2-6-12-21-19(24)17(27-20(21)26)13-15-10-11-16(25-15)14-7-3-1-4-8-14/h3,7-8,10-11,13H,1-2,4-6,9,12H2,(H,22,23)/b17-13+. The van der Waals surface area contributed by atoms with Crippen LogP contribution in [0.1, 0.15) is 50.0 Å². The van der Waals surface area contributed by atoms with Gasteiger partial charge in [0, 0.05) is 24.6 Å². The third kappa shape index (κ3) is 5.20. The van der Waals surface area contributed by atoms with E-state index in [1.54, 1.807) is 11.0 Å². The highest BCUT2D eigenvalue weighted by Gasteiger charge is 2.31. The van der Waals surface area contributed by atoms with Gasteiger partial charge in [0.2, 0.25) is 0 Å². The van der Waals surface area contributed by atoms with Crippen LogP contribution < -0.4 is 0 Å². The molecule has 1 aliphatic carbocycles. The SMILES string of the molecule is O=C(O)CCCCCN1C(=O)/C(=C\c2ccc(C3=CCCC=C3)o2)SC1=S. The van der Waals surface area contributed by atoms with Gasteiger partial charge in [0.1, 0.15) is 15.8 Å². The molecule has 0 unspecified atom stereocenters. The fraction of sp³-hybridized carbons (Fsp3) is 0.350. The number of unbranched alkanes of at least 4 members (excludes halogenated alkanes) is 2. The number of allylic oxidation sites excluding steroid dienone is 4. The van der Waals surface area contributed by atoms with E-state index < -0.39 is 5.97 Å². The first kappa shape index (κ1) is 19.6. The third-order valence-electron chi connectivity index (χ3n) is 4.33. The fourth-order valence-electron chi connectivity index (χ4n) is 2.93. The van der Waals surface area contributed by atoms with E-state index in [1.165, 1.54) is 11.8 Å². The minimum atomic E-state index is -0.791. The number of carbonyl (C=O) groups excluding carboxylic acids is 1. The Hall–Kier alpha value is -2.12. The molecule has 1 saturated heterocycles. The molecule has 0 radical (unpaired) electrons. The van der Waals surface area contributed by atoms with Crippen LogP contribution in [-0.4, -0.2) is 32.7 Å². The van der Waals surface area contributed by atoms with Gasteiger partial charge in [0.25, 0.3) is 5.91 Å². The third-order valence-corrected chi connectivity index (χ3v) is 5.70. The molecule has 0 saturated carbocycles. The molecule has 0 aromatic carbocycles. The predicted molar refractivity (Wildman–Crippen MR) is 111 cm³/mol. The first-order valence-corrected chi connectivity index (χ1v) is 10.2. The van der Waals surface area contributed by atoms with Crippen LogP contribution in [0.15, 0.2) is 39.7 Å². The van der Waals surface area contributed by atoms with Gasteiger partial charge in [0.15, 0.2) is 0 Å². The Morgan fingerprint density at radius 2 is 2.15 bits per heavy atom. The van der Waals surface area contributed by atoms with Crippen molar-refractivity contribution in [3.63, 3.8) is 0 Å². The number of hydrogen-bond acceptors (Lipinski definition) is 5. The number of nitrogens with zero attached hydrogens (tertiary/aromatic N) is 1. The molecule has 1 N–H and O–H groups in total. The molecule has 1 fully saturated rings. The summed E-state index contributed by atoms with van der Waals surface area (Å²) >= 11 is 6.60. The molecule has 1 aromatic heterocycles. The molecule has 27 heavy (non-hydrogen) atoms. The number of thiocarbonyl (C=S) groups is 1. The minimum Gasteiger partial charge on any atom is -0.481 e. The second kappa shape index (κ2) is 9.19. The van der Waals surface area contributed by atoms with Crippen molar-refractivity contribution in [3.8, 4) is 0 Å². The zero-order valence-corrected chi connectivity index (χ0v) is 16.5. The van der Waals surface area contributed by atoms with Gasteiger partial charge in [-0.15, -0.1) is 0 Å². The second-order valence-electron chi connectivity index (χ2n) is 6.38. The lowest BCUT2D eigenvalue weighted by Crippen LogP contribution is -2.29. The molecule has 0 atom stereocenters. The summed E-state index contributed by atoms with van der Waals surface area (Å²) < 4.78 is 6.40. The summed E-state index contributed by atoms with van der Waals surface area (Å²) in [4.78, 5) is 25.3. The number of rotatable bonds is 8. The highest BCUT2D eigenvalue weighted by atomic mass is 32.2. The number of carboxylic acids is 1. The fourth-order valence-corrected chi connectivity index (χ4v) is 4.22. The molecular formula is C20H21NO4S2. The van der Waals surface area contributed by atoms with Gasteiger partial charge in [-0.25, -0.2) is 0 Å². The summed E-state index contributed by atoms with van der Waals surface area (Å²) in [5.74, 6) is 0.525. The highest BCUT2D eigenvalue weighted by Crippen LogP contribution is 2.33. The average Bonchev–Trinajstić information content (AvgIpc) is 3.22. The Kier molecular flexibility index (Phi) is 6.68. The molecule has 1 aromatic rings. The van der Waals surface area contributed by atoms with E-state index >= 15 is 0 Å². The van der Waals surface area contributed by atoms with Crippen molar-refractivity contribution in [2.75, 3.05) is 6.54 Å². The summed E-state index contributed by atoms with van der Waals surface area (Å²) in [5, 5.41) is 8.66. The smallest absolute Gasteiger partial charge is 0.303 e. The largest absolute Gasteiger partial charge is 0.481 e. The zero-order chi connectivity index (χ0) is 19.2. The van der Waals surface area contributed by atoms with Crippen LogP contribution in [0.5, 0.6) is 0 Å². The number of hydrogen-bond donors (Lipinski definition) is 1. The topological polar surface area (TPSA) is 70.8 Å². The monoisotopic (exact) mass is 403 g/mol. The van der Waals surface area contributed by atoms with Crippen LogP contribution in [0.4, 0.5) is 0 Å². The molecule has 1 amide bonds. The highest BCUT2D eigenvalue weighted by molar-refractivity contribution is 8.26. The zero-order valence-electron chi connectivity index (χ0n) is 14.8. The average molecular weight is 404 g/mol. The lowest BCUT2D eigenvalue weighted by Gasteiger charge is -2.13. The number of carboxylic acid groups (broad SMARTS) is 1. The van der Waals surface area contributed by atoms with Crippen LogP contribution in [0, 0.1) is 0 Å². The van der Waals surface area contributed by atoms with Crippen LogP contribution in [-0.2, 0) is 9.59 Å². The molecule has 0 bridgehead atoms. The van der Waals surface area contributed by atoms with Gasteiger partial charge >= 0.3 is 5.97 Å². The number of aliphatic carboxylic acids is 1. The Morgan fingerprint density at radius 3 is 2.89 bits per heavy atom. The molecular weight excluding hydrogens is 382 g/mol. The van der Waals surface area contributed by atoms with Crippen molar-refractivity contribution in [1.82, 2.24) is 4.90 Å². The van der Waals surface area contributed by atoms with Crippen LogP contribution in [0.3, 0.4) is 0 Å². The predicted octanol–water partition coefficient (Wildman–Crippen LogP) is 4.86. The van der Waals surface area contributed by atoms with Gasteiger partial charge in [-0.05, 0) is 37.8 Å². The normalized spacial score (nSPS) is 18.4. The first-order chi connectivity index (χ1) is 13.0. The van der Waals surface area contributed by atoms with Gasteiger partial charge < -0.3 is 9.52 Å². The van der Waals surface area contributed by atoms with Crippen molar-refractivity contribution in [2.45, 2.75) is 38.5 Å². The lowest BCUT2D eigenvalue weighted by atomic mass is 10.1. The van der Waals surface area contributed by atoms with Gasteiger partial charge in [0.05, 0.1) is 4.91 Å². The summed E-state index contributed by atoms with van der Waals surface area (Å²) in [6.45, 7) is 0.517.